The van der Waals surface area contributed by atoms with Crippen LogP contribution in [0.3, 0.4) is 0 Å². The van der Waals surface area contributed by atoms with E-state index in [9.17, 15) is 5.11 Å². The zero-order valence-electron chi connectivity index (χ0n) is 10.9. The van der Waals surface area contributed by atoms with Crippen molar-refractivity contribution >= 4 is 23.2 Å². The Labute approximate surface area is 111 Å². The monoisotopic (exact) mass is 267 g/mol. The van der Waals surface area contributed by atoms with Gasteiger partial charge in [0.05, 0.1) is 25.3 Å². The Balaban J connectivity index is 2.57. The summed E-state index contributed by atoms with van der Waals surface area (Å²) >= 11 is 1.66. The maximum absolute atomic E-state index is 10.1. The van der Waals surface area contributed by atoms with Crippen molar-refractivity contribution in [3.05, 3.63) is 23.8 Å². The van der Waals surface area contributed by atoms with E-state index in [1.54, 1.807) is 32.0 Å². The normalized spacial score (nSPS) is 18.1. The van der Waals surface area contributed by atoms with E-state index in [2.05, 4.69) is 4.90 Å². The van der Waals surface area contributed by atoms with Gasteiger partial charge in [-0.1, -0.05) is 0 Å². The largest absolute Gasteiger partial charge is 0.507 e. The molecule has 0 fully saturated rings. The van der Waals surface area contributed by atoms with Crippen molar-refractivity contribution in [3.63, 3.8) is 0 Å². The molecule has 5 heteroatoms. The number of aliphatic hydroxyl groups excluding tert-OH is 1. The van der Waals surface area contributed by atoms with Crippen LogP contribution in [0.2, 0.25) is 0 Å². The van der Waals surface area contributed by atoms with Crippen LogP contribution in [-0.4, -0.2) is 38.0 Å². The molecule has 0 radical (unpaired) electrons. The van der Waals surface area contributed by atoms with E-state index in [1.807, 2.05) is 25.4 Å². The van der Waals surface area contributed by atoms with Crippen LogP contribution < -0.4 is 14.4 Å². The molecule has 1 aliphatic heterocycles. The Hall–Kier alpha value is -1.49. The fourth-order valence-electron chi connectivity index (χ4n) is 2.07. The zero-order chi connectivity index (χ0) is 13.3. The maximum atomic E-state index is 10.1. The third-order valence-corrected chi connectivity index (χ3v) is 4.02. The van der Waals surface area contributed by atoms with Gasteiger partial charge in [-0.05, 0) is 18.4 Å². The van der Waals surface area contributed by atoms with Crippen LogP contribution in [0.15, 0.2) is 18.2 Å². The second-order valence-corrected chi connectivity index (χ2v) is 4.97. The van der Waals surface area contributed by atoms with E-state index < -0.39 is 0 Å². The minimum absolute atomic E-state index is 0.121. The number of benzene rings is 1. The number of anilines is 1. The molecule has 0 aliphatic carbocycles. The SMILES string of the molecule is COc1cc2c(cc1OC)N(C)C(SC)C=C2O. The van der Waals surface area contributed by atoms with Gasteiger partial charge in [0.2, 0.25) is 0 Å². The van der Waals surface area contributed by atoms with Crippen molar-refractivity contribution in [2.45, 2.75) is 5.37 Å². The summed E-state index contributed by atoms with van der Waals surface area (Å²) in [6, 6.07) is 3.69. The van der Waals surface area contributed by atoms with E-state index in [-0.39, 0.29) is 11.1 Å². The standard InChI is InChI=1S/C13H17NO3S/c1-14-9-6-12(17-3)11(16-2)5-8(9)10(15)7-13(14)18-4/h5-7,13,15H,1-4H3. The maximum Gasteiger partial charge on any atom is 0.162 e. The van der Waals surface area contributed by atoms with Crippen LogP contribution in [0.25, 0.3) is 5.76 Å². The van der Waals surface area contributed by atoms with Crippen molar-refractivity contribution < 1.29 is 14.6 Å². The lowest BCUT2D eigenvalue weighted by atomic mass is 10.1. The molecule has 1 aromatic carbocycles. The average Bonchev–Trinajstić information content (AvgIpc) is 2.41. The highest BCUT2D eigenvalue weighted by atomic mass is 32.2. The van der Waals surface area contributed by atoms with Crippen LogP contribution in [0, 0.1) is 0 Å². The number of methoxy groups -OCH3 is 2. The third-order valence-electron chi connectivity index (χ3n) is 3.08. The smallest absolute Gasteiger partial charge is 0.162 e. The molecule has 0 aromatic heterocycles. The van der Waals surface area contributed by atoms with Crippen LogP contribution in [0.1, 0.15) is 5.56 Å². The summed E-state index contributed by atoms with van der Waals surface area (Å²) in [5.74, 6) is 1.56. The quantitative estimate of drug-likeness (QED) is 0.912. The summed E-state index contributed by atoms with van der Waals surface area (Å²) in [4.78, 5) is 2.10. The van der Waals surface area contributed by atoms with E-state index in [1.165, 1.54) is 0 Å². The molecule has 1 unspecified atom stereocenters. The number of hydrogen-bond acceptors (Lipinski definition) is 5. The van der Waals surface area contributed by atoms with Crippen molar-refractivity contribution in [1.29, 1.82) is 0 Å². The van der Waals surface area contributed by atoms with Crippen LogP contribution in [0.5, 0.6) is 11.5 Å². The molecule has 1 atom stereocenters. The minimum Gasteiger partial charge on any atom is -0.507 e. The molecule has 1 aromatic rings. The molecule has 98 valence electrons. The number of thioether (sulfide) groups is 1. The summed E-state index contributed by atoms with van der Waals surface area (Å²) in [6.07, 6.45) is 3.84. The highest BCUT2D eigenvalue weighted by molar-refractivity contribution is 7.99. The van der Waals surface area contributed by atoms with Crippen molar-refractivity contribution in [2.24, 2.45) is 0 Å². The highest BCUT2D eigenvalue weighted by Crippen LogP contribution is 2.41. The first kappa shape index (κ1) is 13.0. The topological polar surface area (TPSA) is 41.9 Å². The van der Waals surface area contributed by atoms with E-state index in [0.717, 1.165) is 11.3 Å². The van der Waals surface area contributed by atoms with Crippen molar-refractivity contribution in [2.75, 3.05) is 32.4 Å². The first-order valence-corrected chi connectivity index (χ1v) is 6.84. The lowest BCUT2D eigenvalue weighted by Crippen LogP contribution is -2.30. The number of rotatable bonds is 3. The van der Waals surface area contributed by atoms with Crippen molar-refractivity contribution in [3.8, 4) is 11.5 Å². The predicted octanol–water partition coefficient (Wildman–Crippen LogP) is 2.74. The molecule has 0 spiro atoms. The third kappa shape index (κ3) is 1.99. The molecule has 1 N–H and O–H groups in total. The average molecular weight is 267 g/mol. The molecule has 18 heavy (non-hydrogen) atoms. The molecule has 0 amide bonds. The van der Waals surface area contributed by atoms with Crippen LogP contribution in [0.4, 0.5) is 5.69 Å². The van der Waals surface area contributed by atoms with Crippen LogP contribution >= 0.6 is 11.8 Å². The van der Waals surface area contributed by atoms with Gasteiger partial charge < -0.3 is 19.5 Å². The van der Waals surface area contributed by atoms with Gasteiger partial charge in [0.25, 0.3) is 0 Å². The molecular weight excluding hydrogens is 250 g/mol. The molecule has 0 bridgehead atoms. The first-order valence-electron chi connectivity index (χ1n) is 5.55. The second-order valence-electron chi connectivity index (χ2n) is 4.01. The molecular formula is C13H17NO3S. The van der Waals surface area contributed by atoms with E-state index in [4.69, 9.17) is 9.47 Å². The van der Waals surface area contributed by atoms with E-state index >= 15 is 0 Å². The first-order chi connectivity index (χ1) is 8.62. The molecule has 0 saturated carbocycles. The van der Waals surface area contributed by atoms with Gasteiger partial charge in [0.1, 0.15) is 5.76 Å². The number of likely N-dealkylation sites (N-methyl/N-ethyl adjacent to an activating group) is 1. The number of hydrogen-bond donors (Lipinski definition) is 1. The lowest BCUT2D eigenvalue weighted by Gasteiger charge is -2.32. The summed E-state index contributed by atoms with van der Waals surface area (Å²) in [5.41, 5.74) is 1.70. The minimum atomic E-state index is 0.121. The molecule has 1 aliphatic rings. The Morgan fingerprint density at radius 3 is 2.39 bits per heavy atom. The number of nitrogens with zero attached hydrogens (tertiary/aromatic N) is 1. The zero-order valence-corrected chi connectivity index (χ0v) is 11.7. The predicted molar refractivity (Wildman–Crippen MR) is 75.9 cm³/mol. The van der Waals surface area contributed by atoms with Gasteiger partial charge in [0.15, 0.2) is 11.5 Å². The van der Waals surface area contributed by atoms with Gasteiger partial charge in [-0.2, -0.15) is 0 Å². The Bertz CT molecular complexity index is 487. The summed E-state index contributed by atoms with van der Waals surface area (Å²) in [6.45, 7) is 0. The number of ether oxygens (including phenoxy) is 2. The lowest BCUT2D eigenvalue weighted by molar-refractivity contribution is 0.354. The fraction of sp³-hybridized carbons (Fsp3) is 0.385. The van der Waals surface area contributed by atoms with Crippen molar-refractivity contribution in [1.82, 2.24) is 0 Å². The van der Waals surface area contributed by atoms with E-state index in [0.29, 0.717) is 11.5 Å². The molecule has 0 saturated heterocycles. The molecule has 4 nitrogen and oxygen atoms in total. The van der Waals surface area contributed by atoms with Gasteiger partial charge in [-0.25, -0.2) is 0 Å². The summed E-state index contributed by atoms with van der Waals surface area (Å²) in [5, 5.41) is 10.2. The summed E-state index contributed by atoms with van der Waals surface area (Å²) < 4.78 is 10.5. The van der Waals surface area contributed by atoms with Gasteiger partial charge >= 0.3 is 0 Å². The highest BCUT2D eigenvalue weighted by Gasteiger charge is 2.25. The Morgan fingerprint density at radius 1 is 1.22 bits per heavy atom. The fourth-order valence-corrected chi connectivity index (χ4v) is 2.76. The molecule has 1 heterocycles. The van der Waals surface area contributed by atoms with Gasteiger partial charge in [-0.15, -0.1) is 11.8 Å². The number of fused-ring (bicyclic) bond motifs is 1. The molecule has 2 rings (SSSR count). The van der Waals surface area contributed by atoms with Gasteiger partial charge in [0, 0.05) is 18.7 Å². The number of aliphatic hydroxyl groups is 1. The Morgan fingerprint density at radius 2 is 1.83 bits per heavy atom. The van der Waals surface area contributed by atoms with Crippen LogP contribution in [-0.2, 0) is 0 Å². The summed E-state index contributed by atoms with van der Waals surface area (Å²) in [7, 11) is 5.19. The van der Waals surface area contributed by atoms with Gasteiger partial charge in [-0.3, -0.25) is 0 Å². The second kappa shape index (κ2) is 5.02. The Kier molecular flexibility index (Phi) is 3.61.